The van der Waals surface area contributed by atoms with Crippen molar-refractivity contribution in [1.29, 1.82) is 0 Å². The van der Waals surface area contributed by atoms with E-state index in [2.05, 4.69) is 15.3 Å². The van der Waals surface area contributed by atoms with Gasteiger partial charge in [0.1, 0.15) is 11.9 Å². The van der Waals surface area contributed by atoms with Crippen molar-refractivity contribution in [3.05, 3.63) is 40.4 Å². The number of carbonyl (C=O) groups is 2. The van der Waals surface area contributed by atoms with Gasteiger partial charge in [-0.1, -0.05) is 26.0 Å². The maximum absolute atomic E-state index is 12.6. The van der Waals surface area contributed by atoms with Crippen molar-refractivity contribution >= 4 is 22.7 Å². The van der Waals surface area contributed by atoms with Crippen molar-refractivity contribution in [1.82, 2.24) is 20.2 Å². The lowest BCUT2D eigenvalue weighted by Gasteiger charge is -2.26. The lowest BCUT2D eigenvalue weighted by atomic mass is 10.0. The Morgan fingerprint density at radius 3 is 2.58 bits per heavy atom. The third kappa shape index (κ3) is 3.98. The first-order valence-corrected chi connectivity index (χ1v) is 7.79. The standard InChI is InChI=1S/C17H22N4O3/c1-10(2)15(18-11(3)22)17(24)21(4)9-14-19-13-8-6-5-7-12(13)16(23)20-14/h5-8,10,15H,9H2,1-4H3,(H,18,22)(H,19,20,23). The van der Waals surface area contributed by atoms with Crippen LogP contribution in [0.4, 0.5) is 0 Å². The van der Waals surface area contributed by atoms with Crippen LogP contribution in [0.1, 0.15) is 26.6 Å². The number of benzene rings is 1. The molecule has 0 aliphatic heterocycles. The van der Waals surface area contributed by atoms with Crippen molar-refractivity contribution in [3.8, 4) is 0 Å². The summed E-state index contributed by atoms with van der Waals surface area (Å²) in [6.45, 7) is 5.26. The highest BCUT2D eigenvalue weighted by atomic mass is 16.2. The Labute approximate surface area is 140 Å². The number of carbonyl (C=O) groups excluding carboxylic acids is 2. The van der Waals surface area contributed by atoms with Gasteiger partial charge in [-0.25, -0.2) is 4.98 Å². The average Bonchev–Trinajstić information content (AvgIpc) is 2.51. The highest BCUT2D eigenvalue weighted by molar-refractivity contribution is 5.87. The third-order valence-electron chi connectivity index (χ3n) is 3.72. The molecule has 2 N–H and O–H groups in total. The Morgan fingerprint density at radius 2 is 1.96 bits per heavy atom. The van der Waals surface area contributed by atoms with Crippen LogP contribution in [0.15, 0.2) is 29.1 Å². The van der Waals surface area contributed by atoms with Gasteiger partial charge in [0, 0.05) is 14.0 Å². The van der Waals surface area contributed by atoms with Crippen LogP contribution in [0.3, 0.4) is 0 Å². The van der Waals surface area contributed by atoms with Gasteiger partial charge in [-0.15, -0.1) is 0 Å². The normalized spacial score (nSPS) is 12.2. The summed E-state index contributed by atoms with van der Waals surface area (Å²) in [5, 5.41) is 3.17. The molecule has 0 saturated heterocycles. The van der Waals surface area contributed by atoms with E-state index in [1.54, 1.807) is 31.3 Å². The summed E-state index contributed by atoms with van der Waals surface area (Å²) < 4.78 is 0. The molecule has 0 fully saturated rings. The molecule has 0 spiro atoms. The number of nitrogens with zero attached hydrogens (tertiary/aromatic N) is 2. The topological polar surface area (TPSA) is 95.2 Å². The zero-order valence-corrected chi connectivity index (χ0v) is 14.3. The fourth-order valence-electron chi connectivity index (χ4n) is 2.48. The quantitative estimate of drug-likeness (QED) is 0.856. The van der Waals surface area contributed by atoms with Gasteiger partial charge in [-0.3, -0.25) is 14.4 Å². The van der Waals surface area contributed by atoms with Gasteiger partial charge in [0.2, 0.25) is 11.8 Å². The van der Waals surface area contributed by atoms with Crippen LogP contribution in [0, 0.1) is 5.92 Å². The monoisotopic (exact) mass is 330 g/mol. The summed E-state index contributed by atoms with van der Waals surface area (Å²) in [5.41, 5.74) is 0.345. The van der Waals surface area contributed by atoms with Gasteiger partial charge in [0.15, 0.2) is 0 Å². The van der Waals surface area contributed by atoms with E-state index in [1.165, 1.54) is 11.8 Å². The lowest BCUT2D eigenvalue weighted by molar-refractivity contribution is -0.136. The molecule has 1 unspecified atom stereocenters. The summed E-state index contributed by atoms with van der Waals surface area (Å²) in [6, 6.07) is 6.42. The number of amides is 2. The minimum atomic E-state index is -0.611. The fraction of sp³-hybridized carbons (Fsp3) is 0.412. The molecular formula is C17H22N4O3. The van der Waals surface area contributed by atoms with Crippen molar-refractivity contribution < 1.29 is 9.59 Å². The van der Waals surface area contributed by atoms with Crippen LogP contribution in [0.25, 0.3) is 10.9 Å². The van der Waals surface area contributed by atoms with Crippen LogP contribution in [-0.2, 0) is 16.1 Å². The molecule has 24 heavy (non-hydrogen) atoms. The van der Waals surface area contributed by atoms with Crippen LogP contribution in [0.5, 0.6) is 0 Å². The van der Waals surface area contributed by atoms with Gasteiger partial charge in [0.05, 0.1) is 17.4 Å². The van der Waals surface area contributed by atoms with Gasteiger partial charge < -0.3 is 15.2 Å². The summed E-state index contributed by atoms with van der Waals surface area (Å²) in [5.74, 6) is -0.129. The number of likely N-dealkylation sites (N-methyl/N-ethyl adjacent to an activating group) is 1. The number of nitrogens with one attached hydrogen (secondary N) is 2. The summed E-state index contributed by atoms with van der Waals surface area (Å²) >= 11 is 0. The Kier molecular flexibility index (Phi) is 5.33. The van der Waals surface area contributed by atoms with E-state index in [0.717, 1.165) is 0 Å². The maximum atomic E-state index is 12.6. The molecule has 1 aromatic carbocycles. The summed E-state index contributed by atoms with van der Waals surface area (Å²) in [4.78, 5) is 44.5. The molecular weight excluding hydrogens is 308 g/mol. The zero-order valence-electron chi connectivity index (χ0n) is 14.3. The predicted molar refractivity (Wildman–Crippen MR) is 91.3 cm³/mol. The molecule has 2 rings (SSSR count). The molecule has 2 amide bonds. The number of aromatic nitrogens is 2. The second-order valence-corrected chi connectivity index (χ2v) is 6.15. The lowest BCUT2D eigenvalue weighted by Crippen LogP contribution is -2.49. The molecule has 0 bridgehead atoms. The first-order valence-electron chi connectivity index (χ1n) is 7.79. The van der Waals surface area contributed by atoms with Crippen LogP contribution in [-0.4, -0.2) is 39.8 Å². The second kappa shape index (κ2) is 7.25. The molecule has 1 aromatic heterocycles. The van der Waals surface area contributed by atoms with Crippen molar-refractivity contribution in [3.63, 3.8) is 0 Å². The largest absolute Gasteiger partial charge is 0.344 e. The summed E-state index contributed by atoms with van der Waals surface area (Å²) in [7, 11) is 1.62. The predicted octanol–water partition coefficient (Wildman–Crippen LogP) is 1.04. The van der Waals surface area contributed by atoms with E-state index in [-0.39, 0.29) is 29.8 Å². The van der Waals surface area contributed by atoms with Gasteiger partial charge in [0.25, 0.3) is 5.56 Å². The molecule has 1 heterocycles. The molecule has 0 saturated carbocycles. The minimum Gasteiger partial charge on any atom is -0.344 e. The van der Waals surface area contributed by atoms with Crippen LogP contribution in [0.2, 0.25) is 0 Å². The SMILES string of the molecule is CC(=O)NC(C(=O)N(C)Cc1nc2ccccc2c(=O)[nH]1)C(C)C. The number of hydrogen-bond donors (Lipinski definition) is 2. The molecule has 7 heteroatoms. The zero-order chi connectivity index (χ0) is 17.9. The molecule has 0 radical (unpaired) electrons. The number of aromatic amines is 1. The third-order valence-corrected chi connectivity index (χ3v) is 3.72. The van der Waals surface area contributed by atoms with E-state index in [0.29, 0.717) is 16.7 Å². The van der Waals surface area contributed by atoms with Gasteiger partial charge in [-0.2, -0.15) is 0 Å². The highest BCUT2D eigenvalue weighted by Gasteiger charge is 2.26. The van der Waals surface area contributed by atoms with Crippen molar-refractivity contribution in [2.45, 2.75) is 33.4 Å². The van der Waals surface area contributed by atoms with Gasteiger partial charge >= 0.3 is 0 Å². The Morgan fingerprint density at radius 1 is 1.29 bits per heavy atom. The number of para-hydroxylation sites is 1. The fourth-order valence-corrected chi connectivity index (χ4v) is 2.48. The molecule has 128 valence electrons. The second-order valence-electron chi connectivity index (χ2n) is 6.15. The highest BCUT2D eigenvalue weighted by Crippen LogP contribution is 2.09. The number of rotatable bonds is 5. The maximum Gasteiger partial charge on any atom is 0.258 e. The number of hydrogen-bond acceptors (Lipinski definition) is 4. The Balaban J connectivity index is 2.22. The first-order chi connectivity index (χ1) is 11.3. The molecule has 0 aliphatic carbocycles. The molecule has 1 atom stereocenters. The minimum absolute atomic E-state index is 0.0486. The first kappa shape index (κ1) is 17.7. The molecule has 7 nitrogen and oxygen atoms in total. The van der Waals surface area contributed by atoms with E-state index >= 15 is 0 Å². The van der Waals surface area contributed by atoms with Gasteiger partial charge in [-0.05, 0) is 18.1 Å². The Bertz CT molecular complexity index is 813. The smallest absolute Gasteiger partial charge is 0.258 e. The van der Waals surface area contributed by atoms with Crippen LogP contribution >= 0.6 is 0 Å². The van der Waals surface area contributed by atoms with Crippen molar-refractivity contribution in [2.75, 3.05) is 7.05 Å². The van der Waals surface area contributed by atoms with Crippen molar-refractivity contribution in [2.24, 2.45) is 5.92 Å². The van der Waals surface area contributed by atoms with E-state index in [1.807, 2.05) is 13.8 Å². The van der Waals surface area contributed by atoms with E-state index in [4.69, 9.17) is 0 Å². The number of fused-ring (bicyclic) bond motifs is 1. The van der Waals surface area contributed by atoms with E-state index < -0.39 is 6.04 Å². The average molecular weight is 330 g/mol. The number of H-pyrrole nitrogens is 1. The molecule has 2 aromatic rings. The van der Waals surface area contributed by atoms with Crippen LogP contribution < -0.4 is 10.9 Å². The Hall–Kier alpha value is -2.70. The summed E-state index contributed by atoms with van der Waals surface area (Å²) in [6.07, 6.45) is 0. The molecule has 0 aliphatic rings. The van der Waals surface area contributed by atoms with E-state index in [9.17, 15) is 14.4 Å².